The topological polar surface area (TPSA) is 71.2 Å². The van der Waals surface area contributed by atoms with Crippen molar-refractivity contribution in [2.75, 3.05) is 11.9 Å². The quantitative estimate of drug-likeness (QED) is 0.657. The van der Waals surface area contributed by atoms with Gasteiger partial charge in [-0.25, -0.2) is 4.79 Å². The fraction of sp³-hybridized carbons (Fsp3) is 0.200. The number of nitrogens with one attached hydrogen (secondary N) is 2. The van der Waals surface area contributed by atoms with Crippen LogP contribution < -0.4 is 10.9 Å². The normalized spacial score (nSPS) is 10.7. The van der Waals surface area contributed by atoms with E-state index in [0.717, 1.165) is 11.1 Å². The zero-order valence-electron chi connectivity index (χ0n) is 14.6. The van der Waals surface area contributed by atoms with Gasteiger partial charge in [-0.05, 0) is 37.6 Å². The third-order valence-electron chi connectivity index (χ3n) is 4.05. The van der Waals surface area contributed by atoms with Gasteiger partial charge in [0, 0.05) is 17.0 Å². The number of carbonyl (C=O) groups excluding carboxylic acids is 1. The lowest BCUT2D eigenvalue weighted by molar-refractivity contribution is 0.0525. The van der Waals surface area contributed by atoms with Crippen LogP contribution in [0.4, 0.5) is 5.69 Å². The molecule has 26 heavy (non-hydrogen) atoms. The number of rotatable bonds is 5. The summed E-state index contributed by atoms with van der Waals surface area (Å²) >= 11 is 6.03. The molecule has 1 heterocycles. The number of aromatic nitrogens is 1. The van der Waals surface area contributed by atoms with Crippen LogP contribution in [0.15, 0.2) is 47.3 Å². The molecule has 2 N–H and O–H groups in total. The Morgan fingerprint density at radius 1 is 1.19 bits per heavy atom. The Morgan fingerprint density at radius 3 is 2.62 bits per heavy atom. The van der Waals surface area contributed by atoms with Gasteiger partial charge in [0.15, 0.2) is 0 Å². The molecule has 5 nitrogen and oxygen atoms in total. The molecule has 0 spiro atoms. The summed E-state index contributed by atoms with van der Waals surface area (Å²) in [5.41, 5.74) is 2.66. The molecule has 3 aromatic rings. The van der Waals surface area contributed by atoms with Crippen LogP contribution in [0.2, 0.25) is 5.02 Å². The highest BCUT2D eigenvalue weighted by Crippen LogP contribution is 2.27. The Hall–Kier alpha value is -2.79. The number of carbonyl (C=O) groups is 1. The predicted molar refractivity (Wildman–Crippen MR) is 104 cm³/mol. The summed E-state index contributed by atoms with van der Waals surface area (Å²) in [7, 11) is 0. The molecular weight excluding hydrogens is 352 g/mol. The van der Waals surface area contributed by atoms with E-state index in [4.69, 9.17) is 16.3 Å². The van der Waals surface area contributed by atoms with Gasteiger partial charge < -0.3 is 15.0 Å². The lowest BCUT2D eigenvalue weighted by atomic mass is 10.1. The molecular formula is C20H19ClN2O3. The minimum absolute atomic E-state index is 0.0335. The number of anilines is 1. The van der Waals surface area contributed by atoms with Crippen LogP contribution in [-0.2, 0) is 11.3 Å². The third kappa shape index (κ3) is 3.73. The van der Waals surface area contributed by atoms with Crippen LogP contribution in [0.3, 0.4) is 0 Å². The van der Waals surface area contributed by atoms with Crippen LogP contribution in [0.25, 0.3) is 10.9 Å². The molecule has 0 radical (unpaired) electrons. The van der Waals surface area contributed by atoms with E-state index in [2.05, 4.69) is 10.3 Å². The summed E-state index contributed by atoms with van der Waals surface area (Å²) in [6, 6.07) is 13.2. The Bertz CT molecular complexity index is 1010. The number of hydrogen-bond donors (Lipinski definition) is 2. The molecule has 0 aliphatic rings. The van der Waals surface area contributed by atoms with Gasteiger partial charge in [0.05, 0.1) is 17.8 Å². The number of benzene rings is 2. The lowest BCUT2D eigenvalue weighted by Crippen LogP contribution is -2.23. The smallest absolute Gasteiger partial charge is 0.345 e. The molecule has 0 atom stereocenters. The number of H-pyrrole nitrogens is 1. The van der Waals surface area contributed by atoms with Crippen molar-refractivity contribution in [2.24, 2.45) is 0 Å². The van der Waals surface area contributed by atoms with Gasteiger partial charge in [0.25, 0.3) is 5.56 Å². The van der Waals surface area contributed by atoms with E-state index >= 15 is 0 Å². The van der Waals surface area contributed by atoms with Crippen LogP contribution in [0, 0.1) is 6.92 Å². The van der Waals surface area contributed by atoms with Gasteiger partial charge in [-0.2, -0.15) is 0 Å². The molecule has 0 fully saturated rings. The number of ether oxygens (including phenoxy) is 1. The largest absolute Gasteiger partial charge is 0.462 e. The zero-order valence-corrected chi connectivity index (χ0v) is 15.3. The maximum Gasteiger partial charge on any atom is 0.345 e. The average molecular weight is 371 g/mol. The van der Waals surface area contributed by atoms with Crippen molar-refractivity contribution >= 4 is 34.2 Å². The Kier molecular flexibility index (Phi) is 5.28. The predicted octanol–water partition coefficient (Wildman–Crippen LogP) is 4.28. The van der Waals surface area contributed by atoms with E-state index in [1.54, 1.807) is 25.1 Å². The van der Waals surface area contributed by atoms with Crippen molar-refractivity contribution in [2.45, 2.75) is 20.4 Å². The molecule has 0 aliphatic heterocycles. The summed E-state index contributed by atoms with van der Waals surface area (Å²) in [6.45, 7) is 4.37. The highest BCUT2D eigenvalue weighted by Gasteiger charge is 2.20. The van der Waals surface area contributed by atoms with Gasteiger partial charge in [0.1, 0.15) is 5.56 Å². The van der Waals surface area contributed by atoms with Crippen LogP contribution in [0.1, 0.15) is 28.4 Å². The van der Waals surface area contributed by atoms with Crippen molar-refractivity contribution in [3.63, 3.8) is 0 Å². The lowest BCUT2D eigenvalue weighted by Gasteiger charge is -2.14. The summed E-state index contributed by atoms with van der Waals surface area (Å²) < 4.78 is 5.06. The van der Waals surface area contributed by atoms with Crippen LogP contribution >= 0.6 is 11.6 Å². The zero-order chi connectivity index (χ0) is 18.7. The van der Waals surface area contributed by atoms with E-state index in [0.29, 0.717) is 28.2 Å². The molecule has 0 amide bonds. The maximum atomic E-state index is 12.5. The van der Waals surface area contributed by atoms with E-state index in [9.17, 15) is 9.59 Å². The second kappa shape index (κ2) is 7.62. The van der Waals surface area contributed by atoms with Gasteiger partial charge in [-0.3, -0.25) is 4.79 Å². The SMILES string of the molecule is CCOC(=O)c1c(NCc2ccc(C)cc2)c2ccc(Cl)cc2[nH]c1=O. The summed E-state index contributed by atoms with van der Waals surface area (Å²) in [5.74, 6) is -0.656. The molecule has 0 saturated carbocycles. The highest BCUT2D eigenvalue weighted by molar-refractivity contribution is 6.31. The minimum Gasteiger partial charge on any atom is -0.462 e. The van der Waals surface area contributed by atoms with Crippen molar-refractivity contribution < 1.29 is 9.53 Å². The van der Waals surface area contributed by atoms with Gasteiger partial charge >= 0.3 is 5.97 Å². The molecule has 134 valence electrons. The van der Waals surface area contributed by atoms with E-state index < -0.39 is 11.5 Å². The molecule has 1 aromatic heterocycles. The monoisotopic (exact) mass is 370 g/mol. The van der Waals surface area contributed by atoms with Crippen molar-refractivity contribution in [3.05, 3.63) is 74.5 Å². The number of aryl methyl sites for hydroxylation is 1. The number of pyridine rings is 1. The van der Waals surface area contributed by atoms with Gasteiger partial charge in [-0.15, -0.1) is 0 Å². The number of hydrogen-bond acceptors (Lipinski definition) is 4. The van der Waals surface area contributed by atoms with Gasteiger partial charge in [0.2, 0.25) is 0 Å². The summed E-state index contributed by atoms with van der Waals surface area (Å²) in [4.78, 5) is 27.5. The summed E-state index contributed by atoms with van der Waals surface area (Å²) in [6.07, 6.45) is 0. The van der Waals surface area contributed by atoms with Crippen LogP contribution in [-0.4, -0.2) is 17.6 Å². The standard InChI is InChI=1S/C20H19ClN2O3/c1-3-26-20(25)17-18(22-11-13-6-4-12(2)5-7-13)15-9-8-14(21)10-16(15)23-19(17)24/h4-10H,3,11H2,1-2H3,(H2,22,23,24). The minimum atomic E-state index is -0.656. The highest BCUT2D eigenvalue weighted by atomic mass is 35.5. The number of fused-ring (bicyclic) bond motifs is 1. The van der Waals surface area contributed by atoms with Gasteiger partial charge in [-0.1, -0.05) is 41.4 Å². The molecule has 0 bridgehead atoms. The molecule has 0 aliphatic carbocycles. The molecule has 0 unspecified atom stereocenters. The molecule has 2 aromatic carbocycles. The first-order valence-electron chi connectivity index (χ1n) is 8.31. The Labute approximate surface area is 156 Å². The van der Waals surface area contributed by atoms with Crippen molar-refractivity contribution in [1.82, 2.24) is 4.98 Å². The third-order valence-corrected chi connectivity index (χ3v) is 4.28. The summed E-state index contributed by atoms with van der Waals surface area (Å²) in [5, 5.41) is 4.43. The second-order valence-corrected chi connectivity index (χ2v) is 6.39. The van der Waals surface area contributed by atoms with Crippen LogP contribution in [0.5, 0.6) is 0 Å². The first kappa shape index (κ1) is 18.0. The molecule has 0 saturated heterocycles. The Balaban J connectivity index is 2.09. The number of esters is 1. The van der Waals surface area contributed by atoms with E-state index in [1.165, 1.54) is 0 Å². The maximum absolute atomic E-state index is 12.5. The van der Waals surface area contributed by atoms with Crippen molar-refractivity contribution in [1.29, 1.82) is 0 Å². The number of halogens is 1. The first-order chi connectivity index (χ1) is 12.5. The van der Waals surface area contributed by atoms with E-state index in [-0.39, 0.29) is 12.2 Å². The van der Waals surface area contributed by atoms with E-state index in [1.807, 2.05) is 31.2 Å². The fourth-order valence-electron chi connectivity index (χ4n) is 2.75. The molecule has 6 heteroatoms. The van der Waals surface area contributed by atoms with Crippen molar-refractivity contribution in [3.8, 4) is 0 Å². The average Bonchev–Trinajstić information content (AvgIpc) is 2.60. The fourth-order valence-corrected chi connectivity index (χ4v) is 2.92. The first-order valence-corrected chi connectivity index (χ1v) is 8.69. The number of aromatic amines is 1. The Morgan fingerprint density at radius 2 is 1.92 bits per heavy atom. The molecule has 3 rings (SSSR count). The second-order valence-electron chi connectivity index (χ2n) is 5.95.